The van der Waals surface area contributed by atoms with Crippen LogP contribution >= 0.6 is 11.6 Å². The molecule has 7 nitrogen and oxygen atoms in total. The van der Waals surface area contributed by atoms with Crippen molar-refractivity contribution in [1.82, 2.24) is 19.2 Å². The van der Waals surface area contributed by atoms with Gasteiger partial charge in [0.25, 0.3) is 0 Å². The van der Waals surface area contributed by atoms with Crippen LogP contribution in [0.4, 0.5) is 13.2 Å². The number of aromatic nitrogens is 4. The lowest BCUT2D eigenvalue weighted by atomic mass is 10.1. The predicted octanol–water partition coefficient (Wildman–Crippen LogP) is 4.01. The SMILES string of the molecule is CCS(=O)(=O)c1cc(-c2cccc(Cl)c2)cnc1-n1nc2ccc(C(F)(F)F)cn2c1=O. The molecule has 4 rings (SSSR count). The summed E-state index contributed by atoms with van der Waals surface area (Å²) in [4.78, 5) is 16.7. The van der Waals surface area contributed by atoms with Crippen molar-refractivity contribution in [3.63, 3.8) is 0 Å². The first kappa shape index (κ1) is 22.0. The molecule has 32 heavy (non-hydrogen) atoms. The molecule has 0 aliphatic heterocycles. The Morgan fingerprint density at radius 3 is 2.50 bits per heavy atom. The lowest BCUT2D eigenvalue weighted by Crippen LogP contribution is -2.23. The maximum atomic E-state index is 13.0. The Balaban J connectivity index is 1.96. The van der Waals surface area contributed by atoms with Crippen molar-refractivity contribution in [3.05, 3.63) is 75.9 Å². The van der Waals surface area contributed by atoms with E-state index in [0.717, 1.165) is 12.1 Å². The van der Waals surface area contributed by atoms with Crippen molar-refractivity contribution in [3.8, 4) is 16.9 Å². The summed E-state index contributed by atoms with van der Waals surface area (Å²) < 4.78 is 66.1. The first-order chi connectivity index (χ1) is 15.0. The number of benzene rings is 1. The molecule has 0 saturated carbocycles. The van der Waals surface area contributed by atoms with E-state index in [1.54, 1.807) is 24.3 Å². The van der Waals surface area contributed by atoms with Gasteiger partial charge in [0.2, 0.25) is 0 Å². The summed E-state index contributed by atoms with van der Waals surface area (Å²) in [6.07, 6.45) is -2.72. The summed E-state index contributed by atoms with van der Waals surface area (Å²) in [6, 6.07) is 9.81. The van der Waals surface area contributed by atoms with E-state index in [-0.39, 0.29) is 22.1 Å². The Hall–Kier alpha value is -3.18. The molecule has 1 aromatic carbocycles. The third-order valence-corrected chi connectivity index (χ3v) is 6.72. The average Bonchev–Trinajstić information content (AvgIpc) is 3.08. The van der Waals surface area contributed by atoms with Crippen molar-refractivity contribution in [2.24, 2.45) is 0 Å². The third-order valence-electron chi connectivity index (χ3n) is 4.75. The van der Waals surface area contributed by atoms with Crippen molar-refractivity contribution < 1.29 is 21.6 Å². The highest BCUT2D eigenvalue weighted by Gasteiger charge is 2.31. The summed E-state index contributed by atoms with van der Waals surface area (Å²) in [5.41, 5.74) is -1.09. The highest BCUT2D eigenvalue weighted by atomic mass is 35.5. The molecule has 4 aromatic rings. The Morgan fingerprint density at radius 2 is 1.84 bits per heavy atom. The normalized spacial score (nSPS) is 12.4. The molecule has 0 saturated heterocycles. The fourth-order valence-electron chi connectivity index (χ4n) is 3.09. The van der Waals surface area contributed by atoms with E-state index in [0.29, 0.717) is 31.4 Å². The lowest BCUT2D eigenvalue weighted by molar-refractivity contribution is -0.137. The number of hydrogen-bond donors (Lipinski definition) is 0. The van der Waals surface area contributed by atoms with Gasteiger partial charge in [0.15, 0.2) is 21.3 Å². The molecule has 3 aromatic heterocycles. The standard InChI is InChI=1S/C20H14ClF3N4O3S/c1-2-32(30,31)16-9-13(12-4-3-5-15(21)8-12)10-25-18(16)28-19(29)27-11-14(20(22,23)24)6-7-17(27)26-28/h3-11H,2H2,1H3. The molecule has 0 N–H and O–H groups in total. The summed E-state index contributed by atoms with van der Waals surface area (Å²) in [7, 11) is -3.89. The fraction of sp³-hybridized carbons (Fsp3) is 0.150. The molecular weight excluding hydrogens is 469 g/mol. The largest absolute Gasteiger partial charge is 0.417 e. The second-order valence-electron chi connectivity index (χ2n) is 6.80. The first-order valence-electron chi connectivity index (χ1n) is 9.19. The van der Waals surface area contributed by atoms with Crippen LogP contribution < -0.4 is 5.69 Å². The molecule has 0 atom stereocenters. The Kier molecular flexibility index (Phi) is 5.33. The molecule has 0 fully saturated rings. The van der Waals surface area contributed by atoms with Gasteiger partial charge in [-0.05, 0) is 35.9 Å². The molecule has 0 aliphatic carbocycles. The van der Waals surface area contributed by atoms with E-state index >= 15 is 0 Å². The lowest BCUT2D eigenvalue weighted by Gasteiger charge is -2.10. The van der Waals surface area contributed by atoms with E-state index < -0.39 is 27.3 Å². The van der Waals surface area contributed by atoms with Gasteiger partial charge < -0.3 is 0 Å². The van der Waals surface area contributed by atoms with Gasteiger partial charge in [0.1, 0.15) is 4.90 Å². The van der Waals surface area contributed by atoms with Gasteiger partial charge >= 0.3 is 11.9 Å². The van der Waals surface area contributed by atoms with E-state index in [1.807, 2.05) is 0 Å². The van der Waals surface area contributed by atoms with E-state index in [9.17, 15) is 26.4 Å². The Labute approximate surface area is 184 Å². The van der Waals surface area contributed by atoms with Crippen LogP contribution in [-0.2, 0) is 16.0 Å². The van der Waals surface area contributed by atoms with Crippen LogP contribution in [0.15, 0.2) is 64.5 Å². The molecular formula is C20H14ClF3N4O3S. The number of fused-ring (bicyclic) bond motifs is 1. The number of hydrogen-bond acceptors (Lipinski definition) is 5. The smallest absolute Gasteiger partial charge is 0.249 e. The molecule has 0 bridgehead atoms. The Morgan fingerprint density at radius 1 is 1.09 bits per heavy atom. The molecule has 12 heteroatoms. The van der Waals surface area contributed by atoms with Crippen LogP contribution in [0.2, 0.25) is 5.02 Å². The van der Waals surface area contributed by atoms with Crippen LogP contribution in [0.25, 0.3) is 22.6 Å². The van der Waals surface area contributed by atoms with Crippen molar-refractivity contribution in [2.45, 2.75) is 18.0 Å². The van der Waals surface area contributed by atoms with Crippen molar-refractivity contribution in [1.29, 1.82) is 0 Å². The summed E-state index contributed by atoms with van der Waals surface area (Å²) >= 11 is 6.01. The van der Waals surface area contributed by atoms with Gasteiger partial charge in [0.05, 0.1) is 11.3 Å². The second-order valence-corrected chi connectivity index (χ2v) is 9.48. The van der Waals surface area contributed by atoms with Crippen LogP contribution in [-0.4, -0.2) is 33.3 Å². The molecule has 166 valence electrons. The number of sulfone groups is 1. The monoisotopic (exact) mass is 482 g/mol. The molecule has 0 aliphatic rings. The summed E-state index contributed by atoms with van der Waals surface area (Å²) in [5, 5.41) is 4.42. The van der Waals surface area contributed by atoms with Gasteiger partial charge in [-0.15, -0.1) is 5.10 Å². The topological polar surface area (TPSA) is 86.3 Å². The van der Waals surface area contributed by atoms with Crippen LogP contribution in [0, 0.1) is 0 Å². The summed E-state index contributed by atoms with van der Waals surface area (Å²) in [5.74, 6) is -0.596. The molecule has 0 unspecified atom stereocenters. The summed E-state index contributed by atoms with van der Waals surface area (Å²) in [6.45, 7) is 1.42. The quantitative estimate of drug-likeness (QED) is 0.438. The van der Waals surface area contributed by atoms with Gasteiger partial charge in [-0.2, -0.15) is 17.9 Å². The molecule has 0 spiro atoms. The van der Waals surface area contributed by atoms with Gasteiger partial charge in [-0.1, -0.05) is 30.7 Å². The van der Waals surface area contributed by atoms with Crippen LogP contribution in [0.1, 0.15) is 12.5 Å². The zero-order chi connectivity index (χ0) is 23.3. The molecule has 0 radical (unpaired) electrons. The van der Waals surface area contributed by atoms with Crippen molar-refractivity contribution >= 4 is 27.1 Å². The zero-order valence-corrected chi connectivity index (χ0v) is 17.9. The van der Waals surface area contributed by atoms with E-state index in [4.69, 9.17) is 11.6 Å². The fourth-order valence-corrected chi connectivity index (χ4v) is 4.31. The Bertz CT molecular complexity index is 1510. The highest BCUT2D eigenvalue weighted by Crippen LogP contribution is 2.30. The van der Waals surface area contributed by atoms with Crippen LogP contribution in [0.5, 0.6) is 0 Å². The maximum absolute atomic E-state index is 13.0. The minimum Gasteiger partial charge on any atom is -0.249 e. The van der Waals surface area contributed by atoms with Crippen molar-refractivity contribution in [2.75, 3.05) is 5.75 Å². The number of alkyl halides is 3. The van der Waals surface area contributed by atoms with E-state index in [2.05, 4.69) is 10.1 Å². The minimum atomic E-state index is -4.66. The van der Waals surface area contributed by atoms with Gasteiger partial charge in [0, 0.05) is 23.0 Å². The maximum Gasteiger partial charge on any atom is 0.417 e. The van der Waals surface area contributed by atoms with Gasteiger partial charge in [-0.3, -0.25) is 0 Å². The number of nitrogens with zero attached hydrogens (tertiary/aromatic N) is 4. The van der Waals surface area contributed by atoms with Gasteiger partial charge in [-0.25, -0.2) is 22.6 Å². The zero-order valence-electron chi connectivity index (χ0n) is 16.3. The van der Waals surface area contributed by atoms with E-state index in [1.165, 1.54) is 19.2 Å². The minimum absolute atomic E-state index is 0.0939. The second kappa shape index (κ2) is 7.75. The molecule has 0 amide bonds. The highest BCUT2D eigenvalue weighted by molar-refractivity contribution is 7.91. The number of halogens is 4. The molecule has 3 heterocycles. The average molecular weight is 483 g/mol. The van der Waals surface area contributed by atoms with Crippen LogP contribution in [0.3, 0.4) is 0 Å². The third kappa shape index (κ3) is 3.89. The number of pyridine rings is 2. The first-order valence-corrected chi connectivity index (χ1v) is 11.2. The predicted molar refractivity (Wildman–Crippen MR) is 112 cm³/mol. The number of rotatable bonds is 4.